The van der Waals surface area contributed by atoms with Gasteiger partial charge in [-0.1, -0.05) is 56.7 Å². The van der Waals surface area contributed by atoms with Crippen molar-refractivity contribution in [1.29, 1.82) is 0 Å². The van der Waals surface area contributed by atoms with Crippen molar-refractivity contribution in [1.82, 2.24) is 15.6 Å². The van der Waals surface area contributed by atoms with Crippen LogP contribution in [0.2, 0.25) is 0 Å². The van der Waals surface area contributed by atoms with Crippen LogP contribution in [0.1, 0.15) is 16.1 Å². The first-order valence-corrected chi connectivity index (χ1v) is 12.0. The summed E-state index contributed by atoms with van der Waals surface area (Å²) < 4.78 is 13.2. The Morgan fingerprint density at radius 1 is 1.16 bits per heavy atom. The topological polar surface area (TPSA) is 85.7 Å². The zero-order chi connectivity index (χ0) is 22.1. The van der Waals surface area contributed by atoms with Gasteiger partial charge in [-0.2, -0.15) is 5.10 Å². The van der Waals surface area contributed by atoms with Gasteiger partial charge >= 0.3 is 0 Å². The average molecular weight is 521 g/mol. The van der Waals surface area contributed by atoms with Crippen molar-refractivity contribution in [2.24, 2.45) is 5.10 Å². The first-order valence-electron chi connectivity index (χ1n) is 9.36. The average Bonchev–Trinajstić information content (AvgIpc) is 3.17. The number of carbonyl (C=O) groups is 1. The van der Waals surface area contributed by atoms with Gasteiger partial charge in [-0.15, -0.1) is 10.2 Å². The summed E-state index contributed by atoms with van der Waals surface area (Å²) in [5.41, 5.74) is 4.44. The second kappa shape index (κ2) is 11.8. The number of halogens is 1. The number of carbonyl (C=O) groups excluding carboxylic acids is 1. The number of ether oxygens (including phenoxy) is 2. The molecule has 31 heavy (non-hydrogen) atoms. The van der Waals surface area contributed by atoms with Gasteiger partial charge < -0.3 is 9.47 Å². The Morgan fingerprint density at radius 3 is 2.68 bits per heavy atom. The van der Waals surface area contributed by atoms with Crippen molar-refractivity contribution < 1.29 is 14.3 Å². The maximum atomic E-state index is 12.0. The number of hydrazone groups is 1. The third-order valence-corrected chi connectivity index (χ3v) is 6.29. The predicted octanol–water partition coefficient (Wildman–Crippen LogP) is 4.62. The molecule has 2 aromatic carbocycles. The van der Waals surface area contributed by atoms with Gasteiger partial charge in [0.1, 0.15) is 29.7 Å². The van der Waals surface area contributed by atoms with Crippen LogP contribution in [0.3, 0.4) is 0 Å². The molecule has 1 aromatic heterocycles. The minimum absolute atomic E-state index is 0.212. The smallest absolute Gasteiger partial charge is 0.250 e. The van der Waals surface area contributed by atoms with Crippen LogP contribution in [0.25, 0.3) is 0 Å². The van der Waals surface area contributed by atoms with Crippen molar-refractivity contribution in [2.75, 3.05) is 19.0 Å². The largest absolute Gasteiger partial charge is 0.490 e. The van der Waals surface area contributed by atoms with Crippen LogP contribution >= 0.6 is 39.0 Å². The van der Waals surface area contributed by atoms with Gasteiger partial charge in [0.2, 0.25) is 0 Å². The molecule has 7 nitrogen and oxygen atoms in total. The maximum absolute atomic E-state index is 12.0. The number of aromatic nitrogens is 2. The van der Waals surface area contributed by atoms with Gasteiger partial charge in [-0.3, -0.25) is 4.79 Å². The van der Waals surface area contributed by atoms with E-state index in [4.69, 9.17) is 9.47 Å². The van der Waals surface area contributed by atoms with Crippen molar-refractivity contribution in [2.45, 2.75) is 18.2 Å². The number of rotatable bonds is 10. The summed E-state index contributed by atoms with van der Waals surface area (Å²) in [4.78, 5) is 12.0. The van der Waals surface area contributed by atoms with Crippen LogP contribution < -0.4 is 14.9 Å². The Hall–Kier alpha value is -2.43. The number of benzene rings is 2. The summed E-state index contributed by atoms with van der Waals surface area (Å²) in [7, 11) is 0. The first kappa shape index (κ1) is 23.2. The standard InChI is InChI=1S/C21H21BrN4O3S2/c1-14-3-6-18(7-4-14)28-9-10-29-19-8-5-17(22)11-16(19)12-23-25-20(27)13-30-21-26-24-15(2)31-21/h3-8,11-12H,9-10,13H2,1-2H3,(H,25,27)/b23-12-. The molecule has 0 unspecified atom stereocenters. The molecule has 1 heterocycles. The highest BCUT2D eigenvalue weighted by Crippen LogP contribution is 2.23. The van der Waals surface area contributed by atoms with Crippen LogP contribution in [-0.4, -0.2) is 41.3 Å². The summed E-state index contributed by atoms with van der Waals surface area (Å²) in [6.45, 7) is 4.69. The summed E-state index contributed by atoms with van der Waals surface area (Å²) in [6.07, 6.45) is 1.55. The summed E-state index contributed by atoms with van der Waals surface area (Å²) in [5, 5.41) is 12.8. The highest BCUT2D eigenvalue weighted by molar-refractivity contribution is 9.10. The van der Waals surface area contributed by atoms with Crippen LogP contribution in [0.4, 0.5) is 0 Å². The molecule has 10 heteroatoms. The first-order chi connectivity index (χ1) is 15.0. The van der Waals surface area contributed by atoms with Crippen molar-refractivity contribution in [3.8, 4) is 11.5 Å². The molecule has 3 rings (SSSR count). The fourth-order valence-corrected chi connectivity index (χ4v) is 4.35. The molecule has 1 amide bonds. The number of thioether (sulfide) groups is 1. The highest BCUT2D eigenvalue weighted by Gasteiger charge is 2.07. The zero-order valence-electron chi connectivity index (χ0n) is 17.0. The number of amides is 1. The Labute approximate surface area is 197 Å². The SMILES string of the molecule is Cc1ccc(OCCOc2ccc(Br)cc2/C=N\NC(=O)CSc2nnc(C)s2)cc1. The molecular weight excluding hydrogens is 500 g/mol. The Morgan fingerprint density at radius 2 is 1.94 bits per heavy atom. The van der Waals surface area contributed by atoms with E-state index in [1.807, 2.05) is 56.3 Å². The second-order valence-corrected chi connectivity index (χ2v) is 9.68. The zero-order valence-corrected chi connectivity index (χ0v) is 20.2. The quantitative estimate of drug-likeness (QED) is 0.181. The molecule has 3 aromatic rings. The maximum Gasteiger partial charge on any atom is 0.250 e. The predicted molar refractivity (Wildman–Crippen MR) is 127 cm³/mol. The Kier molecular flexibility index (Phi) is 8.86. The van der Waals surface area contributed by atoms with Crippen molar-refractivity contribution in [3.63, 3.8) is 0 Å². The number of hydrogen-bond donors (Lipinski definition) is 1. The molecule has 0 radical (unpaired) electrons. The van der Waals surface area contributed by atoms with Crippen LogP contribution in [-0.2, 0) is 4.79 Å². The van der Waals surface area contributed by atoms with Gasteiger partial charge in [-0.05, 0) is 44.2 Å². The number of nitrogens with one attached hydrogen (secondary N) is 1. The van der Waals surface area contributed by atoms with Crippen molar-refractivity contribution >= 4 is 51.2 Å². The number of aryl methyl sites for hydroxylation is 2. The molecule has 0 aliphatic rings. The van der Waals surface area contributed by atoms with Gasteiger partial charge in [0.05, 0.1) is 12.0 Å². The molecule has 0 saturated carbocycles. The molecule has 0 saturated heterocycles. The summed E-state index contributed by atoms with van der Waals surface area (Å²) in [6, 6.07) is 13.5. The van der Waals surface area contributed by atoms with E-state index in [0.717, 1.165) is 25.1 Å². The summed E-state index contributed by atoms with van der Waals surface area (Å²) >= 11 is 6.22. The molecule has 0 aliphatic heterocycles. The van der Waals surface area contributed by atoms with Gasteiger partial charge in [0.25, 0.3) is 5.91 Å². The molecule has 1 N–H and O–H groups in total. The van der Waals surface area contributed by atoms with Gasteiger partial charge in [0.15, 0.2) is 4.34 Å². The number of nitrogens with zero attached hydrogens (tertiary/aromatic N) is 3. The minimum Gasteiger partial charge on any atom is -0.490 e. The molecule has 0 spiro atoms. The van der Waals surface area contributed by atoms with E-state index in [2.05, 4.69) is 36.7 Å². The van der Waals surface area contributed by atoms with E-state index in [0.29, 0.717) is 19.0 Å². The van der Waals surface area contributed by atoms with Crippen LogP contribution in [0.15, 0.2) is 56.4 Å². The molecule has 162 valence electrons. The molecule has 0 atom stereocenters. The van der Waals surface area contributed by atoms with Crippen molar-refractivity contribution in [3.05, 3.63) is 63.1 Å². The normalized spacial score (nSPS) is 10.9. The van der Waals surface area contributed by atoms with Gasteiger partial charge in [0, 0.05) is 10.0 Å². The van der Waals surface area contributed by atoms with E-state index < -0.39 is 0 Å². The van der Waals surface area contributed by atoms with Crippen LogP contribution in [0, 0.1) is 13.8 Å². The Bertz CT molecular complexity index is 1040. The highest BCUT2D eigenvalue weighted by atomic mass is 79.9. The lowest BCUT2D eigenvalue weighted by molar-refractivity contribution is -0.118. The summed E-state index contributed by atoms with van der Waals surface area (Å²) in [5.74, 6) is 1.44. The second-order valence-electron chi connectivity index (χ2n) is 6.36. The lowest BCUT2D eigenvalue weighted by atomic mass is 10.2. The lowest BCUT2D eigenvalue weighted by Gasteiger charge is -2.11. The monoisotopic (exact) mass is 520 g/mol. The van der Waals surface area contributed by atoms with E-state index in [9.17, 15) is 4.79 Å². The van der Waals surface area contributed by atoms with Gasteiger partial charge in [-0.25, -0.2) is 5.43 Å². The van der Waals surface area contributed by atoms with E-state index >= 15 is 0 Å². The lowest BCUT2D eigenvalue weighted by Crippen LogP contribution is -2.19. The fraction of sp³-hybridized carbons (Fsp3) is 0.238. The van der Waals surface area contributed by atoms with E-state index in [1.165, 1.54) is 28.7 Å². The number of hydrogen-bond acceptors (Lipinski definition) is 8. The molecule has 0 aliphatic carbocycles. The molecule has 0 fully saturated rings. The van der Waals surface area contributed by atoms with E-state index in [-0.39, 0.29) is 11.7 Å². The van der Waals surface area contributed by atoms with E-state index in [1.54, 1.807) is 6.21 Å². The fourth-order valence-electron chi connectivity index (χ4n) is 2.37. The minimum atomic E-state index is -0.224. The third kappa shape index (κ3) is 7.97. The van der Waals surface area contributed by atoms with Crippen LogP contribution in [0.5, 0.6) is 11.5 Å². The Balaban J connectivity index is 1.47. The molecule has 0 bridgehead atoms. The third-order valence-electron chi connectivity index (χ3n) is 3.83. The molecular formula is C21H21BrN4O3S2.